The first-order chi connectivity index (χ1) is 15.3. The first-order valence-electron chi connectivity index (χ1n) is 9.99. The van der Waals surface area contributed by atoms with Crippen LogP contribution in [0.4, 0.5) is 11.4 Å². The Balaban J connectivity index is 1.76. The summed E-state index contributed by atoms with van der Waals surface area (Å²) in [4.78, 5) is 36.2. The van der Waals surface area contributed by atoms with Gasteiger partial charge in [0.05, 0.1) is 5.69 Å². The fourth-order valence-corrected chi connectivity index (χ4v) is 3.14. The van der Waals surface area contributed by atoms with Crippen LogP contribution in [0.5, 0.6) is 5.88 Å². The fraction of sp³-hybridized carbons (Fsp3) is 0.217. The number of rotatable bonds is 7. The summed E-state index contributed by atoms with van der Waals surface area (Å²) in [6.07, 6.45) is -0.448. The summed E-state index contributed by atoms with van der Waals surface area (Å²) in [5, 5.41) is 10.2. The molecule has 0 saturated heterocycles. The Morgan fingerprint density at radius 1 is 1.06 bits per heavy atom. The van der Waals surface area contributed by atoms with Crippen LogP contribution in [-0.4, -0.2) is 27.7 Å². The topological polar surface area (TPSA) is 102 Å². The van der Waals surface area contributed by atoms with E-state index in [1.54, 1.807) is 49.4 Å². The number of nitrogens with one attached hydrogen (secondary N) is 2. The van der Waals surface area contributed by atoms with Crippen molar-refractivity contribution in [2.75, 3.05) is 10.6 Å². The molecule has 2 N–H and O–H groups in total. The van der Waals surface area contributed by atoms with Crippen molar-refractivity contribution in [2.45, 2.75) is 33.3 Å². The van der Waals surface area contributed by atoms with E-state index in [1.807, 2.05) is 6.92 Å². The number of benzene rings is 2. The van der Waals surface area contributed by atoms with Gasteiger partial charge in [-0.1, -0.05) is 24.6 Å². The second kappa shape index (κ2) is 10.1. The van der Waals surface area contributed by atoms with Crippen LogP contribution in [-0.2, 0) is 9.59 Å². The van der Waals surface area contributed by atoms with Crippen molar-refractivity contribution in [1.82, 2.24) is 9.78 Å². The van der Waals surface area contributed by atoms with Crippen LogP contribution in [0.15, 0.2) is 59.4 Å². The van der Waals surface area contributed by atoms with Gasteiger partial charge in [-0.2, -0.15) is 4.68 Å². The summed E-state index contributed by atoms with van der Waals surface area (Å²) in [7, 11) is 0. The Labute approximate surface area is 190 Å². The number of halogens is 1. The second-order valence-electron chi connectivity index (χ2n) is 7.11. The highest BCUT2D eigenvalue weighted by Gasteiger charge is 2.20. The summed E-state index contributed by atoms with van der Waals surface area (Å²) >= 11 is 6.07. The molecular weight excluding hydrogens is 432 g/mol. The molecule has 32 heavy (non-hydrogen) atoms. The molecule has 0 unspecified atom stereocenters. The molecule has 1 atom stereocenters. The lowest BCUT2D eigenvalue weighted by Crippen LogP contribution is -2.33. The number of aryl methyl sites for hydroxylation is 1. The summed E-state index contributed by atoms with van der Waals surface area (Å²) in [5.41, 5.74) is 2.18. The lowest BCUT2D eigenvalue weighted by Gasteiger charge is -2.17. The average molecular weight is 455 g/mol. The second-order valence-corrected chi connectivity index (χ2v) is 7.55. The molecule has 0 aliphatic rings. The Morgan fingerprint density at radius 3 is 2.34 bits per heavy atom. The van der Waals surface area contributed by atoms with Gasteiger partial charge in [-0.05, 0) is 55.3 Å². The van der Waals surface area contributed by atoms with E-state index in [0.717, 1.165) is 5.56 Å². The highest BCUT2D eigenvalue weighted by atomic mass is 35.5. The maximum atomic E-state index is 12.7. The molecular formula is C23H23ClN4O4. The summed E-state index contributed by atoms with van der Waals surface area (Å²) in [5.74, 6) is -0.409. The molecule has 1 heterocycles. The largest absolute Gasteiger partial charge is 0.463 e. The van der Waals surface area contributed by atoms with Crippen LogP contribution in [0.2, 0.25) is 5.02 Å². The van der Waals surface area contributed by atoms with Gasteiger partial charge in [-0.3, -0.25) is 14.4 Å². The zero-order valence-electron chi connectivity index (χ0n) is 17.9. The van der Waals surface area contributed by atoms with Crippen molar-refractivity contribution < 1.29 is 14.3 Å². The molecule has 0 fully saturated rings. The Bertz CT molecular complexity index is 1190. The van der Waals surface area contributed by atoms with Gasteiger partial charge in [-0.25, -0.2) is 0 Å². The molecule has 166 valence electrons. The molecule has 8 nitrogen and oxygen atoms in total. The third kappa shape index (κ3) is 5.73. The minimum absolute atomic E-state index is 0.131. The first-order valence-corrected chi connectivity index (χ1v) is 10.4. The minimum atomic E-state index is -0.830. The SMILES string of the molecule is CC[C@@H](Oc1ccc(=O)n(-c2cc(Cl)ccc2C)n1)C(=O)Nc1ccc(NC(C)=O)cc1. The van der Waals surface area contributed by atoms with Crippen LogP contribution in [0.3, 0.4) is 0 Å². The predicted octanol–water partition coefficient (Wildman–Crippen LogP) is 3.95. The van der Waals surface area contributed by atoms with E-state index in [0.29, 0.717) is 28.5 Å². The van der Waals surface area contributed by atoms with Gasteiger partial charge in [0.2, 0.25) is 11.8 Å². The smallest absolute Gasteiger partial charge is 0.271 e. The first kappa shape index (κ1) is 23.0. The van der Waals surface area contributed by atoms with Crippen molar-refractivity contribution in [3.05, 3.63) is 75.5 Å². The number of carbonyl (C=O) groups is 2. The van der Waals surface area contributed by atoms with Gasteiger partial charge in [0.15, 0.2) is 6.10 Å². The van der Waals surface area contributed by atoms with E-state index in [-0.39, 0.29) is 23.3 Å². The number of amides is 2. The normalized spacial score (nSPS) is 11.5. The molecule has 0 bridgehead atoms. The molecule has 0 saturated carbocycles. The number of carbonyl (C=O) groups excluding carboxylic acids is 2. The summed E-state index contributed by atoms with van der Waals surface area (Å²) < 4.78 is 6.98. The number of ether oxygens (including phenoxy) is 1. The fourth-order valence-electron chi connectivity index (χ4n) is 2.97. The van der Waals surface area contributed by atoms with Crippen molar-refractivity contribution in [2.24, 2.45) is 0 Å². The van der Waals surface area contributed by atoms with Gasteiger partial charge < -0.3 is 15.4 Å². The zero-order valence-corrected chi connectivity index (χ0v) is 18.6. The molecule has 3 rings (SSSR count). The number of hydrogen-bond donors (Lipinski definition) is 2. The highest BCUT2D eigenvalue weighted by Crippen LogP contribution is 2.19. The molecule has 0 aliphatic heterocycles. The van der Waals surface area contributed by atoms with Gasteiger partial charge >= 0.3 is 0 Å². The zero-order chi connectivity index (χ0) is 23.3. The van der Waals surface area contributed by atoms with E-state index in [9.17, 15) is 14.4 Å². The average Bonchev–Trinajstić information content (AvgIpc) is 2.76. The molecule has 0 spiro atoms. The van der Waals surface area contributed by atoms with Crippen molar-refractivity contribution >= 4 is 34.8 Å². The predicted molar refractivity (Wildman–Crippen MR) is 124 cm³/mol. The maximum Gasteiger partial charge on any atom is 0.271 e. The third-order valence-corrected chi connectivity index (χ3v) is 4.81. The van der Waals surface area contributed by atoms with Gasteiger partial charge in [0.25, 0.3) is 11.5 Å². The molecule has 9 heteroatoms. The standard InChI is InChI=1S/C23H23ClN4O4/c1-4-20(23(31)26-18-9-7-17(8-10-18)25-15(3)29)32-21-11-12-22(30)28(27-21)19-13-16(24)6-5-14(19)2/h5-13,20H,4H2,1-3H3,(H,25,29)(H,26,31)/t20-/m1/s1. The molecule has 0 aliphatic carbocycles. The van der Waals surface area contributed by atoms with E-state index in [1.165, 1.54) is 23.7 Å². The van der Waals surface area contributed by atoms with Crippen LogP contribution in [0.1, 0.15) is 25.8 Å². The molecule has 1 aromatic heterocycles. The highest BCUT2D eigenvalue weighted by molar-refractivity contribution is 6.30. The van der Waals surface area contributed by atoms with Crippen LogP contribution < -0.4 is 20.9 Å². The minimum Gasteiger partial charge on any atom is -0.463 e. The molecule has 0 radical (unpaired) electrons. The molecule has 2 amide bonds. The summed E-state index contributed by atoms with van der Waals surface area (Å²) in [6, 6.07) is 14.6. The maximum absolute atomic E-state index is 12.7. The number of nitrogens with zero attached hydrogens (tertiary/aromatic N) is 2. The van der Waals surface area contributed by atoms with Gasteiger partial charge in [0.1, 0.15) is 0 Å². The van der Waals surface area contributed by atoms with Gasteiger partial charge in [-0.15, -0.1) is 5.10 Å². The quantitative estimate of drug-likeness (QED) is 0.562. The monoisotopic (exact) mass is 454 g/mol. The van der Waals surface area contributed by atoms with Crippen LogP contribution in [0, 0.1) is 6.92 Å². The number of aromatic nitrogens is 2. The lowest BCUT2D eigenvalue weighted by atomic mass is 10.2. The third-order valence-electron chi connectivity index (χ3n) is 4.57. The lowest BCUT2D eigenvalue weighted by molar-refractivity contribution is -0.123. The van der Waals surface area contributed by atoms with Crippen molar-refractivity contribution in [1.29, 1.82) is 0 Å². The van der Waals surface area contributed by atoms with E-state index >= 15 is 0 Å². The Morgan fingerprint density at radius 2 is 1.72 bits per heavy atom. The van der Waals surface area contributed by atoms with Crippen LogP contribution in [0.25, 0.3) is 5.69 Å². The Hall–Kier alpha value is -3.65. The van der Waals surface area contributed by atoms with E-state index in [2.05, 4.69) is 15.7 Å². The van der Waals surface area contributed by atoms with Gasteiger partial charge in [0, 0.05) is 35.5 Å². The Kier molecular flexibility index (Phi) is 7.27. The molecule has 3 aromatic rings. The van der Waals surface area contributed by atoms with E-state index in [4.69, 9.17) is 16.3 Å². The van der Waals surface area contributed by atoms with E-state index < -0.39 is 6.10 Å². The number of anilines is 2. The van der Waals surface area contributed by atoms with Crippen molar-refractivity contribution in [3.63, 3.8) is 0 Å². The van der Waals surface area contributed by atoms with Crippen molar-refractivity contribution in [3.8, 4) is 11.6 Å². The molecule has 2 aromatic carbocycles. The van der Waals surface area contributed by atoms with Crippen LogP contribution >= 0.6 is 11.6 Å². The number of hydrogen-bond acceptors (Lipinski definition) is 5. The summed E-state index contributed by atoms with van der Waals surface area (Å²) in [6.45, 7) is 5.07.